The second kappa shape index (κ2) is 5.78. The first-order valence-electron chi connectivity index (χ1n) is 6.15. The molecule has 0 saturated heterocycles. The van der Waals surface area contributed by atoms with Crippen molar-refractivity contribution < 1.29 is 0 Å². The van der Waals surface area contributed by atoms with E-state index < -0.39 is 0 Å². The highest BCUT2D eigenvalue weighted by Crippen LogP contribution is 2.30. The first kappa shape index (κ1) is 12.8. The van der Waals surface area contributed by atoms with Gasteiger partial charge in [-0.2, -0.15) is 5.26 Å². The molecule has 0 aliphatic rings. The number of hydrogen-bond donors (Lipinski definition) is 0. The minimum Gasteiger partial charge on any atom is -0.355 e. The Balaban J connectivity index is 2.42. The highest BCUT2D eigenvalue weighted by atomic mass is 32.1. The molecule has 0 fully saturated rings. The lowest BCUT2D eigenvalue weighted by molar-refractivity contribution is 0.813. The van der Waals surface area contributed by atoms with Crippen LogP contribution >= 0.6 is 11.3 Å². The fourth-order valence-electron chi connectivity index (χ4n) is 1.92. The van der Waals surface area contributed by atoms with Gasteiger partial charge in [0.2, 0.25) is 0 Å². The molecular formula is C13H16N4S. The van der Waals surface area contributed by atoms with E-state index in [-0.39, 0.29) is 0 Å². The van der Waals surface area contributed by atoms with Gasteiger partial charge in [0.15, 0.2) is 0 Å². The molecule has 0 aliphatic carbocycles. The van der Waals surface area contributed by atoms with Crippen LogP contribution in [0.4, 0.5) is 5.82 Å². The maximum absolute atomic E-state index is 8.71. The number of hydrogen-bond acceptors (Lipinski definition) is 5. The Hall–Kier alpha value is -1.67. The van der Waals surface area contributed by atoms with Crippen molar-refractivity contribution in [1.29, 1.82) is 5.26 Å². The molecular weight excluding hydrogens is 244 g/mol. The molecule has 2 heterocycles. The number of rotatable bonds is 5. The monoisotopic (exact) mass is 260 g/mol. The zero-order valence-corrected chi connectivity index (χ0v) is 11.5. The number of anilines is 1. The third kappa shape index (κ3) is 2.44. The molecule has 94 valence electrons. The van der Waals surface area contributed by atoms with Crippen LogP contribution in [0.15, 0.2) is 12.4 Å². The Bertz CT molecular complexity index is 570. The van der Waals surface area contributed by atoms with Gasteiger partial charge in [-0.25, -0.2) is 9.97 Å². The van der Waals surface area contributed by atoms with E-state index in [0.29, 0.717) is 6.42 Å². The zero-order chi connectivity index (χ0) is 13.0. The van der Waals surface area contributed by atoms with Gasteiger partial charge in [-0.3, -0.25) is 0 Å². The third-order valence-corrected chi connectivity index (χ3v) is 4.07. The second-order valence-electron chi connectivity index (χ2n) is 3.97. The Labute approximate surface area is 111 Å². The van der Waals surface area contributed by atoms with Crippen LogP contribution in [0.3, 0.4) is 0 Å². The molecule has 0 unspecified atom stereocenters. The number of nitrogens with zero attached hydrogens (tertiary/aromatic N) is 4. The van der Waals surface area contributed by atoms with Crippen molar-refractivity contribution in [3.63, 3.8) is 0 Å². The molecule has 5 heteroatoms. The summed E-state index contributed by atoms with van der Waals surface area (Å²) in [5.74, 6) is 0.953. The van der Waals surface area contributed by atoms with Gasteiger partial charge >= 0.3 is 0 Å². The average Bonchev–Trinajstić information content (AvgIpc) is 2.83. The van der Waals surface area contributed by atoms with Crippen molar-refractivity contribution >= 4 is 27.4 Å². The molecule has 2 aromatic heterocycles. The molecule has 4 nitrogen and oxygen atoms in total. The van der Waals surface area contributed by atoms with Crippen molar-refractivity contribution in [2.45, 2.75) is 26.7 Å². The number of nitriles is 1. The summed E-state index contributed by atoms with van der Waals surface area (Å²) >= 11 is 1.72. The van der Waals surface area contributed by atoms with Crippen LogP contribution in [0.25, 0.3) is 10.2 Å². The predicted molar refractivity (Wildman–Crippen MR) is 74.9 cm³/mol. The van der Waals surface area contributed by atoms with Crippen LogP contribution in [0.5, 0.6) is 0 Å². The molecule has 0 amide bonds. The van der Waals surface area contributed by atoms with Crippen molar-refractivity contribution in [2.24, 2.45) is 0 Å². The molecule has 0 atom stereocenters. The van der Waals surface area contributed by atoms with Crippen LogP contribution in [0, 0.1) is 11.3 Å². The van der Waals surface area contributed by atoms with Gasteiger partial charge in [-0.15, -0.1) is 11.3 Å². The SMILES string of the molecule is CCc1cc2c(N(CC)CCC#N)ncnc2s1. The predicted octanol–water partition coefficient (Wildman–Crippen LogP) is 2.99. The minimum atomic E-state index is 0.518. The van der Waals surface area contributed by atoms with Gasteiger partial charge in [0.05, 0.1) is 17.9 Å². The van der Waals surface area contributed by atoms with Gasteiger partial charge in [0.25, 0.3) is 0 Å². The van der Waals surface area contributed by atoms with E-state index in [9.17, 15) is 0 Å². The van der Waals surface area contributed by atoms with E-state index in [1.54, 1.807) is 17.7 Å². The standard InChI is InChI=1S/C13H16N4S/c1-3-10-8-11-12(15-9-16-13(11)18-10)17(4-2)7-5-6-14/h8-9H,3-5,7H2,1-2H3. The Morgan fingerprint density at radius 3 is 2.89 bits per heavy atom. The summed E-state index contributed by atoms with van der Waals surface area (Å²) in [4.78, 5) is 13.2. The van der Waals surface area contributed by atoms with Crippen LogP contribution in [-0.2, 0) is 6.42 Å². The molecule has 0 N–H and O–H groups in total. The van der Waals surface area contributed by atoms with Gasteiger partial charge in [0.1, 0.15) is 17.0 Å². The second-order valence-corrected chi connectivity index (χ2v) is 5.09. The molecule has 2 aromatic rings. The van der Waals surface area contributed by atoms with Gasteiger partial charge in [0, 0.05) is 18.0 Å². The normalized spacial score (nSPS) is 10.5. The Morgan fingerprint density at radius 1 is 1.39 bits per heavy atom. The van der Waals surface area contributed by atoms with Crippen LogP contribution in [0.1, 0.15) is 25.1 Å². The summed E-state index contributed by atoms with van der Waals surface area (Å²) in [5, 5.41) is 9.82. The summed E-state index contributed by atoms with van der Waals surface area (Å²) in [6.07, 6.45) is 3.15. The van der Waals surface area contributed by atoms with Crippen molar-refractivity contribution in [3.05, 3.63) is 17.3 Å². The zero-order valence-electron chi connectivity index (χ0n) is 10.7. The average molecular weight is 260 g/mol. The molecule has 0 aromatic carbocycles. The molecule has 0 spiro atoms. The van der Waals surface area contributed by atoms with Crippen molar-refractivity contribution in [3.8, 4) is 6.07 Å². The first-order chi connectivity index (χ1) is 8.80. The summed E-state index contributed by atoms with van der Waals surface area (Å²) in [7, 11) is 0. The molecule has 0 bridgehead atoms. The molecule has 2 rings (SSSR count). The summed E-state index contributed by atoms with van der Waals surface area (Å²) in [5.41, 5.74) is 0. The number of aromatic nitrogens is 2. The fourth-order valence-corrected chi connectivity index (χ4v) is 2.85. The van der Waals surface area contributed by atoms with Crippen LogP contribution in [-0.4, -0.2) is 23.1 Å². The van der Waals surface area contributed by atoms with E-state index in [4.69, 9.17) is 5.26 Å². The van der Waals surface area contributed by atoms with E-state index in [2.05, 4.69) is 40.9 Å². The number of aryl methyl sites for hydroxylation is 1. The molecule has 0 aliphatic heterocycles. The van der Waals surface area contributed by atoms with Crippen molar-refractivity contribution in [1.82, 2.24) is 9.97 Å². The molecule has 0 radical (unpaired) electrons. The topological polar surface area (TPSA) is 52.8 Å². The van der Waals surface area contributed by atoms with Gasteiger partial charge in [-0.1, -0.05) is 6.92 Å². The van der Waals surface area contributed by atoms with Crippen LogP contribution < -0.4 is 4.90 Å². The summed E-state index contributed by atoms with van der Waals surface area (Å²) in [6.45, 7) is 5.80. The summed E-state index contributed by atoms with van der Waals surface area (Å²) < 4.78 is 0. The Morgan fingerprint density at radius 2 is 2.22 bits per heavy atom. The molecule has 18 heavy (non-hydrogen) atoms. The van der Waals surface area contributed by atoms with Gasteiger partial charge < -0.3 is 4.90 Å². The largest absolute Gasteiger partial charge is 0.355 e. The van der Waals surface area contributed by atoms with E-state index in [1.807, 2.05) is 0 Å². The third-order valence-electron chi connectivity index (χ3n) is 2.88. The smallest absolute Gasteiger partial charge is 0.140 e. The highest BCUT2D eigenvalue weighted by molar-refractivity contribution is 7.18. The Kier molecular flexibility index (Phi) is 4.11. The molecule has 0 saturated carbocycles. The summed E-state index contributed by atoms with van der Waals surface area (Å²) in [6, 6.07) is 4.36. The van der Waals surface area contributed by atoms with Gasteiger partial charge in [-0.05, 0) is 19.4 Å². The first-order valence-corrected chi connectivity index (χ1v) is 6.97. The lowest BCUT2D eigenvalue weighted by Gasteiger charge is -2.20. The minimum absolute atomic E-state index is 0.518. The lowest BCUT2D eigenvalue weighted by atomic mass is 10.3. The lowest BCUT2D eigenvalue weighted by Crippen LogP contribution is -2.24. The maximum Gasteiger partial charge on any atom is 0.140 e. The number of thiophene rings is 1. The van der Waals surface area contributed by atoms with E-state index in [1.165, 1.54) is 4.88 Å². The van der Waals surface area contributed by atoms with E-state index >= 15 is 0 Å². The van der Waals surface area contributed by atoms with Crippen molar-refractivity contribution in [2.75, 3.05) is 18.0 Å². The van der Waals surface area contributed by atoms with Crippen LogP contribution in [0.2, 0.25) is 0 Å². The number of fused-ring (bicyclic) bond motifs is 1. The van der Waals surface area contributed by atoms with E-state index in [0.717, 1.165) is 35.5 Å². The fraction of sp³-hybridized carbons (Fsp3) is 0.462. The maximum atomic E-state index is 8.71. The quantitative estimate of drug-likeness (QED) is 0.829. The highest BCUT2D eigenvalue weighted by Gasteiger charge is 2.12.